The first-order valence-electron chi connectivity index (χ1n) is 31.2. The Labute approximate surface area is 457 Å². The maximum absolute atomic E-state index is 12.9. The molecule has 0 saturated heterocycles. The molecule has 0 saturated carbocycles. The van der Waals surface area contributed by atoms with Gasteiger partial charge in [-0.25, -0.2) is 0 Å². The number of allylic oxidation sites excluding steroid dienone is 16. The highest BCUT2D eigenvalue weighted by molar-refractivity contribution is 5.71. The number of carbonyl (C=O) groups is 3. The fraction of sp³-hybridized carbons (Fsp3) is 0.721. The van der Waals surface area contributed by atoms with Crippen LogP contribution in [0.25, 0.3) is 0 Å². The van der Waals surface area contributed by atoms with Crippen molar-refractivity contribution in [3.63, 3.8) is 0 Å². The summed E-state index contributed by atoms with van der Waals surface area (Å²) in [6.45, 7) is 6.41. The topological polar surface area (TPSA) is 78.9 Å². The van der Waals surface area contributed by atoms with Crippen LogP contribution in [0.5, 0.6) is 0 Å². The highest BCUT2D eigenvalue weighted by Crippen LogP contribution is 2.17. The minimum absolute atomic E-state index is 0.0913. The Hall–Kier alpha value is -3.67. The van der Waals surface area contributed by atoms with Gasteiger partial charge in [0, 0.05) is 19.3 Å². The lowest BCUT2D eigenvalue weighted by Gasteiger charge is -2.18. The van der Waals surface area contributed by atoms with Crippen molar-refractivity contribution in [3.05, 3.63) is 97.2 Å². The summed E-state index contributed by atoms with van der Waals surface area (Å²) in [6, 6.07) is 0. The molecule has 0 heterocycles. The molecule has 0 aliphatic heterocycles. The number of unbranched alkanes of at least 4 members (excludes halogenated alkanes) is 29. The van der Waals surface area contributed by atoms with Gasteiger partial charge in [0.15, 0.2) is 6.10 Å². The van der Waals surface area contributed by atoms with E-state index in [4.69, 9.17) is 14.2 Å². The minimum atomic E-state index is -0.794. The van der Waals surface area contributed by atoms with Crippen molar-refractivity contribution in [1.29, 1.82) is 0 Å². The predicted octanol–water partition coefficient (Wildman–Crippen LogP) is 21.3. The van der Waals surface area contributed by atoms with Gasteiger partial charge in [0.2, 0.25) is 0 Å². The molecule has 0 aromatic rings. The van der Waals surface area contributed by atoms with Crippen LogP contribution in [0.3, 0.4) is 0 Å². The van der Waals surface area contributed by atoms with Gasteiger partial charge in [0.25, 0.3) is 0 Å². The second-order valence-corrected chi connectivity index (χ2v) is 20.6. The fourth-order valence-corrected chi connectivity index (χ4v) is 8.72. The Morgan fingerprint density at radius 1 is 0.284 bits per heavy atom. The SMILES string of the molecule is CC/C=C\C/C=C\C/C=C\C/C=C\C/C=C\CCCCCCCCCC(=O)OCC(COC(=O)CCCCC/C=C\C/C=C\C/C=C\CC)OC(=O)CCCCCCCCCCCCCCCCCCCCCC. The second kappa shape index (κ2) is 61.9. The summed E-state index contributed by atoms with van der Waals surface area (Å²) < 4.78 is 16.9. The molecule has 0 aliphatic carbocycles. The highest BCUT2D eigenvalue weighted by atomic mass is 16.6. The summed E-state index contributed by atoms with van der Waals surface area (Å²) in [4.78, 5) is 38.3. The normalized spacial score (nSPS) is 12.7. The van der Waals surface area contributed by atoms with E-state index in [1.54, 1.807) is 0 Å². The van der Waals surface area contributed by atoms with Crippen molar-refractivity contribution in [3.8, 4) is 0 Å². The monoisotopic (exact) mass is 1030 g/mol. The van der Waals surface area contributed by atoms with E-state index in [0.29, 0.717) is 19.3 Å². The Bertz CT molecular complexity index is 1460. The Morgan fingerprint density at radius 2 is 0.527 bits per heavy atom. The summed E-state index contributed by atoms with van der Waals surface area (Å²) in [7, 11) is 0. The van der Waals surface area contributed by atoms with Crippen LogP contribution in [0.4, 0.5) is 0 Å². The van der Waals surface area contributed by atoms with Crippen LogP contribution >= 0.6 is 0 Å². The quantitative estimate of drug-likeness (QED) is 0.0261. The third kappa shape index (κ3) is 59.2. The van der Waals surface area contributed by atoms with Crippen molar-refractivity contribution < 1.29 is 28.6 Å². The minimum Gasteiger partial charge on any atom is -0.462 e. The third-order valence-corrected chi connectivity index (χ3v) is 13.3. The van der Waals surface area contributed by atoms with Crippen LogP contribution in [-0.4, -0.2) is 37.2 Å². The van der Waals surface area contributed by atoms with Crippen molar-refractivity contribution in [2.75, 3.05) is 13.2 Å². The molecule has 1 atom stereocenters. The first-order chi connectivity index (χ1) is 36.5. The summed E-state index contributed by atoms with van der Waals surface area (Å²) in [5.74, 6) is -0.921. The van der Waals surface area contributed by atoms with Gasteiger partial charge < -0.3 is 14.2 Å². The highest BCUT2D eigenvalue weighted by Gasteiger charge is 2.19. The van der Waals surface area contributed by atoms with Crippen LogP contribution in [0.15, 0.2) is 97.2 Å². The number of carbonyl (C=O) groups excluding carboxylic acids is 3. The van der Waals surface area contributed by atoms with Crippen LogP contribution in [0, 0.1) is 0 Å². The lowest BCUT2D eigenvalue weighted by Crippen LogP contribution is -2.30. The molecule has 1 unspecified atom stereocenters. The molecule has 74 heavy (non-hydrogen) atoms. The van der Waals surface area contributed by atoms with Gasteiger partial charge in [-0.05, 0) is 96.3 Å². The van der Waals surface area contributed by atoms with Crippen molar-refractivity contribution in [1.82, 2.24) is 0 Å². The maximum Gasteiger partial charge on any atom is 0.306 e. The van der Waals surface area contributed by atoms with Crippen LogP contribution in [0.1, 0.15) is 297 Å². The molecule has 0 aromatic carbocycles. The summed E-state index contributed by atoms with van der Waals surface area (Å²) >= 11 is 0. The molecule has 424 valence electrons. The van der Waals surface area contributed by atoms with E-state index in [9.17, 15) is 14.4 Å². The van der Waals surface area contributed by atoms with Gasteiger partial charge in [-0.2, -0.15) is 0 Å². The molecule has 0 N–H and O–H groups in total. The molecular formula is C68H116O6. The molecule has 0 rings (SSSR count). The zero-order chi connectivity index (χ0) is 53.6. The van der Waals surface area contributed by atoms with Gasteiger partial charge in [-0.15, -0.1) is 0 Å². The van der Waals surface area contributed by atoms with Crippen LogP contribution < -0.4 is 0 Å². The molecule has 0 amide bonds. The standard InChI is InChI=1S/C68H116O6/c1-4-7-10-13-16-19-22-25-27-29-31-33-34-35-37-38-40-43-46-49-52-55-58-61-67(70)73-64-65(63-72-66(69)60-57-54-51-48-45-42-24-21-18-15-12-9-6-3)74-68(71)62-59-56-53-50-47-44-41-39-36-32-30-28-26-23-20-17-14-11-8-5-2/h7,9-10,12,16,18-19,21,25,27,31,33,35,37,42,45,65H,4-6,8,11,13-15,17,20,22-24,26,28-30,32,34,36,38-41,43-44,46-64H2,1-3H3/b10-7-,12-9-,19-16-,21-18-,27-25-,33-31-,37-35-,45-42-. The van der Waals surface area contributed by atoms with Gasteiger partial charge in [-0.1, -0.05) is 279 Å². The van der Waals surface area contributed by atoms with Crippen molar-refractivity contribution in [2.45, 2.75) is 303 Å². The summed E-state index contributed by atoms with van der Waals surface area (Å²) in [5.41, 5.74) is 0. The van der Waals surface area contributed by atoms with Gasteiger partial charge in [0.1, 0.15) is 13.2 Å². The van der Waals surface area contributed by atoms with Crippen molar-refractivity contribution in [2.24, 2.45) is 0 Å². The van der Waals surface area contributed by atoms with E-state index in [0.717, 1.165) is 122 Å². The van der Waals surface area contributed by atoms with Gasteiger partial charge >= 0.3 is 17.9 Å². The van der Waals surface area contributed by atoms with E-state index < -0.39 is 6.10 Å². The lowest BCUT2D eigenvalue weighted by atomic mass is 10.0. The third-order valence-electron chi connectivity index (χ3n) is 13.3. The largest absolute Gasteiger partial charge is 0.462 e. The molecule has 0 radical (unpaired) electrons. The number of hydrogen-bond acceptors (Lipinski definition) is 6. The van der Waals surface area contributed by atoms with Crippen LogP contribution in [0.2, 0.25) is 0 Å². The number of rotatable bonds is 56. The van der Waals surface area contributed by atoms with Crippen molar-refractivity contribution >= 4 is 17.9 Å². The average molecular weight is 1030 g/mol. The summed E-state index contributed by atoms with van der Waals surface area (Å²) in [6.07, 6.45) is 82.7. The molecule has 0 aromatic heterocycles. The predicted molar refractivity (Wildman–Crippen MR) is 320 cm³/mol. The molecule has 0 fully saturated rings. The molecule has 0 bridgehead atoms. The van der Waals surface area contributed by atoms with E-state index in [1.165, 1.54) is 135 Å². The Balaban J connectivity index is 4.37. The average Bonchev–Trinajstić information content (AvgIpc) is 3.40. The number of esters is 3. The first kappa shape index (κ1) is 70.3. The van der Waals surface area contributed by atoms with Gasteiger partial charge in [0.05, 0.1) is 0 Å². The smallest absolute Gasteiger partial charge is 0.306 e. The van der Waals surface area contributed by atoms with E-state index in [-0.39, 0.29) is 31.1 Å². The number of ether oxygens (including phenoxy) is 3. The fourth-order valence-electron chi connectivity index (χ4n) is 8.72. The Morgan fingerprint density at radius 3 is 0.838 bits per heavy atom. The number of hydrogen-bond donors (Lipinski definition) is 0. The first-order valence-corrected chi connectivity index (χ1v) is 31.2. The molecule has 6 nitrogen and oxygen atoms in total. The maximum atomic E-state index is 12.9. The zero-order valence-corrected chi connectivity index (χ0v) is 48.6. The second-order valence-electron chi connectivity index (χ2n) is 20.6. The van der Waals surface area contributed by atoms with E-state index >= 15 is 0 Å². The zero-order valence-electron chi connectivity index (χ0n) is 48.6. The van der Waals surface area contributed by atoms with Crippen LogP contribution in [-0.2, 0) is 28.6 Å². The Kier molecular flexibility index (Phi) is 58.8. The molecule has 0 aliphatic rings. The summed E-state index contributed by atoms with van der Waals surface area (Å²) in [5, 5.41) is 0. The molecule has 6 heteroatoms. The molecule has 0 spiro atoms. The molecular weight excluding hydrogens is 913 g/mol. The van der Waals surface area contributed by atoms with E-state index in [1.807, 2.05) is 0 Å². The van der Waals surface area contributed by atoms with E-state index in [2.05, 4.69) is 118 Å². The lowest BCUT2D eigenvalue weighted by molar-refractivity contribution is -0.167. The van der Waals surface area contributed by atoms with Gasteiger partial charge in [-0.3, -0.25) is 14.4 Å².